The Balaban J connectivity index is 2.10. The molecule has 1 unspecified atom stereocenters. The van der Waals surface area contributed by atoms with Crippen LogP contribution >= 0.6 is 11.8 Å². The van der Waals surface area contributed by atoms with Crippen molar-refractivity contribution in [3.63, 3.8) is 0 Å². The van der Waals surface area contributed by atoms with Crippen molar-refractivity contribution in [2.45, 2.75) is 25.3 Å². The number of hydrogen-bond donors (Lipinski definition) is 1. The van der Waals surface area contributed by atoms with E-state index in [0.717, 1.165) is 17.4 Å². The Kier molecular flexibility index (Phi) is 3.38. The van der Waals surface area contributed by atoms with Crippen LogP contribution in [0.5, 0.6) is 0 Å². The fourth-order valence-corrected chi connectivity index (χ4v) is 2.69. The summed E-state index contributed by atoms with van der Waals surface area (Å²) in [5, 5.41) is 2.37. The molecule has 0 radical (unpaired) electrons. The highest BCUT2D eigenvalue weighted by Gasteiger charge is 2.40. The van der Waals surface area contributed by atoms with Crippen LogP contribution in [0.4, 0.5) is 10.5 Å². The molecule has 0 saturated carbocycles. The lowest BCUT2D eigenvalue weighted by Gasteiger charge is -2.18. The van der Waals surface area contributed by atoms with Crippen LogP contribution in [-0.4, -0.2) is 27.5 Å². The van der Waals surface area contributed by atoms with Gasteiger partial charge in [0.2, 0.25) is 0 Å². The van der Waals surface area contributed by atoms with Gasteiger partial charge in [0, 0.05) is 11.7 Å². The second kappa shape index (κ2) is 4.79. The van der Waals surface area contributed by atoms with Gasteiger partial charge in [0.05, 0.1) is 0 Å². The Bertz CT molecular complexity index is 433. The molecule has 1 aromatic carbocycles. The maximum absolute atomic E-state index is 12.0. The Morgan fingerprint density at radius 1 is 1.24 bits per heavy atom. The third kappa shape index (κ3) is 2.44. The first-order valence-corrected chi connectivity index (χ1v) is 6.33. The van der Waals surface area contributed by atoms with Gasteiger partial charge < -0.3 is 5.32 Å². The number of thioether (sulfide) groups is 1. The maximum Gasteiger partial charge on any atom is 0.291 e. The third-order valence-corrected chi connectivity index (χ3v) is 3.42. The Morgan fingerprint density at radius 2 is 1.88 bits per heavy atom. The molecule has 1 N–H and O–H groups in total. The molecule has 1 fully saturated rings. The van der Waals surface area contributed by atoms with Crippen LogP contribution in [0, 0.1) is 0 Å². The third-order valence-electron chi connectivity index (χ3n) is 2.47. The summed E-state index contributed by atoms with van der Waals surface area (Å²) >= 11 is 1.03. The normalized spacial score (nSPS) is 20.2. The Labute approximate surface area is 104 Å². The second-order valence-electron chi connectivity index (χ2n) is 4.08. The van der Waals surface area contributed by atoms with Crippen molar-refractivity contribution in [2.75, 3.05) is 5.32 Å². The van der Waals surface area contributed by atoms with Crippen LogP contribution in [0.2, 0.25) is 0 Å². The predicted molar refractivity (Wildman–Crippen MR) is 68.8 cm³/mol. The summed E-state index contributed by atoms with van der Waals surface area (Å²) in [6, 6.07) is 9.32. The topological polar surface area (TPSA) is 49.4 Å². The van der Waals surface area contributed by atoms with Crippen molar-refractivity contribution in [3.05, 3.63) is 30.3 Å². The number of nitrogens with one attached hydrogen (secondary N) is 1. The highest BCUT2D eigenvalue weighted by Crippen LogP contribution is 2.29. The van der Waals surface area contributed by atoms with E-state index in [4.69, 9.17) is 0 Å². The average molecular weight is 250 g/mol. The quantitative estimate of drug-likeness (QED) is 0.895. The summed E-state index contributed by atoms with van der Waals surface area (Å²) in [6.45, 7) is 3.67. The molecule has 2 rings (SSSR count). The van der Waals surface area contributed by atoms with Crippen molar-refractivity contribution < 1.29 is 9.59 Å². The molecule has 1 heterocycles. The molecule has 0 spiro atoms. The number of para-hydroxylation sites is 1. The number of carbonyl (C=O) groups excluding carboxylic acids is 2. The van der Waals surface area contributed by atoms with Gasteiger partial charge in [-0.25, -0.2) is 0 Å². The fraction of sp³-hybridized carbons (Fsp3) is 0.333. The van der Waals surface area contributed by atoms with Crippen LogP contribution in [-0.2, 0) is 4.79 Å². The first kappa shape index (κ1) is 12.0. The molecular formula is C12H14N2O2S. The monoisotopic (exact) mass is 250 g/mol. The first-order chi connectivity index (χ1) is 8.09. The average Bonchev–Trinajstić information content (AvgIpc) is 2.55. The number of hydrogen-bond acceptors (Lipinski definition) is 4. The Hall–Kier alpha value is -1.49. The molecule has 0 aliphatic carbocycles. The van der Waals surface area contributed by atoms with Gasteiger partial charge in [0.25, 0.3) is 11.1 Å². The van der Waals surface area contributed by atoms with E-state index >= 15 is 0 Å². The summed E-state index contributed by atoms with van der Waals surface area (Å²) < 4.78 is 0. The molecule has 1 aliphatic heterocycles. The van der Waals surface area contributed by atoms with Gasteiger partial charge >= 0.3 is 0 Å². The van der Waals surface area contributed by atoms with Crippen molar-refractivity contribution in [1.82, 2.24) is 4.90 Å². The van der Waals surface area contributed by atoms with E-state index in [1.54, 1.807) is 0 Å². The van der Waals surface area contributed by atoms with E-state index in [0.29, 0.717) is 0 Å². The van der Waals surface area contributed by atoms with Crippen LogP contribution in [0.25, 0.3) is 0 Å². The summed E-state index contributed by atoms with van der Waals surface area (Å²) in [7, 11) is 0. The Morgan fingerprint density at radius 3 is 2.41 bits per heavy atom. The van der Waals surface area contributed by atoms with Gasteiger partial charge in [-0.15, -0.1) is 0 Å². The van der Waals surface area contributed by atoms with E-state index in [1.165, 1.54) is 4.90 Å². The zero-order valence-electron chi connectivity index (χ0n) is 9.71. The summed E-state index contributed by atoms with van der Waals surface area (Å²) in [4.78, 5) is 24.9. The number of imide groups is 1. The number of anilines is 1. The molecule has 4 nitrogen and oxygen atoms in total. The van der Waals surface area contributed by atoms with Crippen LogP contribution < -0.4 is 5.32 Å². The highest BCUT2D eigenvalue weighted by molar-refractivity contribution is 8.15. The molecule has 90 valence electrons. The molecule has 0 aromatic heterocycles. The molecule has 0 bridgehead atoms. The molecule has 1 aliphatic rings. The number of nitrogens with zero attached hydrogens (tertiary/aromatic N) is 1. The minimum Gasteiger partial charge on any atom is -0.365 e. The smallest absolute Gasteiger partial charge is 0.291 e. The SMILES string of the molecule is CC(C)N1C(=O)SC(Nc2ccccc2)C1=O. The molecular weight excluding hydrogens is 236 g/mol. The number of amides is 2. The molecule has 17 heavy (non-hydrogen) atoms. The van der Waals surface area contributed by atoms with E-state index in [9.17, 15) is 9.59 Å². The molecule has 1 saturated heterocycles. The lowest BCUT2D eigenvalue weighted by Crippen LogP contribution is -2.38. The van der Waals surface area contributed by atoms with Crippen molar-refractivity contribution >= 4 is 28.6 Å². The molecule has 5 heteroatoms. The molecule has 2 amide bonds. The highest BCUT2D eigenvalue weighted by atomic mass is 32.2. The van der Waals surface area contributed by atoms with E-state index in [1.807, 2.05) is 44.2 Å². The summed E-state index contributed by atoms with van der Waals surface area (Å²) in [6.07, 6.45) is 0. The minimum atomic E-state index is -0.507. The zero-order valence-corrected chi connectivity index (χ0v) is 10.5. The largest absolute Gasteiger partial charge is 0.365 e. The lowest BCUT2D eigenvalue weighted by molar-refractivity contribution is -0.127. The van der Waals surface area contributed by atoms with Gasteiger partial charge in [0.15, 0.2) is 5.37 Å². The predicted octanol–water partition coefficient (Wildman–Crippen LogP) is 2.53. The second-order valence-corrected chi connectivity index (χ2v) is 5.13. The zero-order chi connectivity index (χ0) is 12.4. The van der Waals surface area contributed by atoms with E-state index < -0.39 is 5.37 Å². The van der Waals surface area contributed by atoms with E-state index in [-0.39, 0.29) is 17.2 Å². The minimum absolute atomic E-state index is 0.0925. The van der Waals surface area contributed by atoms with Crippen LogP contribution in [0.1, 0.15) is 13.8 Å². The van der Waals surface area contributed by atoms with Gasteiger partial charge in [-0.2, -0.15) is 0 Å². The number of rotatable bonds is 3. The van der Waals surface area contributed by atoms with Gasteiger partial charge in [0.1, 0.15) is 0 Å². The summed E-state index contributed by atoms with van der Waals surface area (Å²) in [5.41, 5.74) is 0.844. The van der Waals surface area contributed by atoms with Crippen molar-refractivity contribution in [1.29, 1.82) is 0 Å². The van der Waals surface area contributed by atoms with Crippen LogP contribution in [0.3, 0.4) is 0 Å². The lowest BCUT2D eigenvalue weighted by atomic mass is 10.3. The maximum atomic E-state index is 12.0. The van der Waals surface area contributed by atoms with Crippen LogP contribution in [0.15, 0.2) is 30.3 Å². The molecule has 1 atom stereocenters. The van der Waals surface area contributed by atoms with Gasteiger partial charge in [-0.1, -0.05) is 18.2 Å². The fourth-order valence-electron chi connectivity index (χ4n) is 1.67. The number of benzene rings is 1. The van der Waals surface area contributed by atoms with Gasteiger partial charge in [-0.05, 0) is 37.7 Å². The van der Waals surface area contributed by atoms with Crippen molar-refractivity contribution in [2.24, 2.45) is 0 Å². The number of carbonyl (C=O) groups is 2. The standard InChI is InChI=1S/C12H14N2O2S/c1-8(2)14-11(15)10(17-12(14)16)13-9-6-4-3-5-7-9/h3-8,10,13H,1-2H3. The van der Waals surface area contributed by atoms with E-state index in [2.05, 4.69) is 5.32 Å². The first-order valence-electron chi connectivity index (χ1n) is 5.45. The summed E-state index contributed by atoms with van der Waals surface area (Å²) in [5.74, 6) is -0.168. The molecule has 1 aromatic rings. The van der Waals surface area contributed by atoms with Gasteiger partial charge in [-0.3, -0.25) is 14.5 Å². The van der Waals surface area contributed by atoms with Crippen molar-refractivity contribution in [3.8, 4) is 0 Å².